The highest BCUT2D eigenvalue weighted by atomic mass is 35.5. The summed E-state index contributed by atoms with van der Waals surface area (Å²) in [7, 11) is 0. The average molecular weight is 259 g/mol. The fourth-order valence-electron chi connectivity index (χ4n) is 1.38. The first kappa shape index (κ1) is 11.2. The largest absolute Gasteiger partial charge is 0.461 e. The first-order chi connectivity index (χ1) is 7.61. The summed E-state index contributed by atoms with van der Waals surface area (Å²) in [5.74, 6) is -0.425. The molecule has 2 heterocycles. The molecule has 6 heteroatoms. The van der Waals surface area contributed by atoms with Gasteiger partial charge >= 0.3 is 5.97 Å². The molecule has 0 atom stereocenters. The Bertz CT molecular complexity index is 551. The molecule has 0 aliphatic rings. The number of carbonyl (C=O) groups excluding carboxylic acids is 1. The Morgan fingerprint density at radius 1 is 1.50 bits per heavy atom. The molecule has 2 aromatic heterocycles. The number of nitrogens with one attached hydrogen (secondary N) is 1. The van der Waals surface area contributed by atoms with Gasteiger partial charge in [-0.2, -0.15) is 0 Å². The number of carbonyl (C=O) groups is 1. The lowest BCUT2D eigenvalue weighted by Gasteiger charge is -1.97. The van der Waals surface area contributed by atoms with Crippen molar-refractivity contribution in [1.29, 1.82) is 0 Å². The molecule has 0 amide bonds. The Morgan fingerprint density at radius 3 is 2.94 bits per heavy atom. The molecule has 0 fully saturated rings. The predicted octanol–water partition coefficient (Wildman–Crippen LogP) is 3.05. The van der Waals surface area contributed by atoms with Crippen LogP contribution in [0, 0.1) is 0 Å². The van der Waals surface area contributed by atoms with E-state index in [9.17, 15) is 4.79 Å². The molecular weight excluding hydrogens is 251 g/mol. The van der Waals surface area contributed by atoms with Gasteiger partial charge in [0.25, 0.3) is 0 Å². The van der Waals surface area contributed by atoms with Crippen LogP contribution in [0.15, 0.2) is 12.1 Å². The minimum absolute atomic E-state index is 0.234. The van der Waals surface area contributed by atoms with Gasteiger partial charge in [-0.25, -0.2) is 9.78 Å². The molecule has 2 aromatic rings. The minimum atomic E-state index is -0.425. The van der Waals surface area contributed by atoms with Crippen LogP contribution in [0.3, 0.4) is 0 Å². The van der Waals surface area contributed by atoms with Gasteiger partial charge in [0.2, 0.25) is 0 Å². The second-order valence-corrected chi connectivity index (χ2v) is 3.85. The number of aromatic nitrogens is 2. The van der Waals surface area contributed by atoms with Gasteiger partial charge in [0.1, 0.15) is 10.8 Å². The number of fused-ring (bicyclic) bond motifs is 1. The van der Waals surface area contributed by atoms with Crippen molar-refractivity contribution < 1.29 is 9.53 Å². The predicted molar refractivity (Wildman–Crippen MR) is 62.1 cm³/mol. The summed E-state index contributed by atoms with van der Waals surface area (Å²) < 4.78 is 4.86. The quantitative estimate of drug-likeness (QED) is 0.666. The summed E-state index contributed by atoms with van der Waals surface area (Å²) in [6.07, 6.45) is 0. The van der Waals surface area contributed by atoms with Crippen LogP contribution < -0.4 is 0 Å². The number of rotatable bonds is 2. The number of hydrogen-bond donors (Lipinski definition) is 1. The molecule has 4 nitrogen and oxygen atoms in total. The van der Waals surface area contributed by atoms with Crippen LogP contribution in [-0.4, -0.2) is 22.5 Å². The van der Waals surface area contributed by atoms with Crippen molar-refractivity contribution in [2.24, 2.45) is 0 Å². The number of hydrogen-bond acceptors (Lipinski definition) is 3. The number of nitrogens with zero attached hydrogens (tertiary/aromatic N) is 1. The van der Waals surface area contributed by atoms with Crippen LogP contribution in [0.25, 0.3) is 10.9 Å². The molecule has 1 N–H and O–H groups in total. The van der Waals surface area contributed by atoms with E-state index in [4.69, 9.17) is 27.9 Å². The Hall–Kier alpha value is -1.26. The molecule has 0 saturated heterocycles. The Morgan fingerprint density at radius 2 is 2.25 bits per heavy atom. The summed E-state index contributed by atoms with van der Waals surface area (Å²) in [5, 5.41) is 1.25. The topological polar surface area (TPSA) is 55.0 Å². The maximum Gasteiger partial charge on any atom is 0.354 e. The van der Waals surface area contributed by atoms with Crippen molar-refractivity contribution in [1.82, 2.24) is 9.97 Å². The molecule has 16 heavy (non-hydrogen) atoms. The molecule has 0 unspecified atom stereocenters. The molecule has 0 bridgehead atoms. The van der Waals surface area contributed by atoms with Crippen LogP contribution in [0.4, 0.5) is 0 Å². The van der Waals surface area contributed by atoms with Gasteiger partial charge in [0, 0.05) is 5.39 Å². The molecule has 0 aromatic carbocycles. The monoisotopic (exact) mass is 258 g/mol. The van der Waals surface area contributed by atoms with Crippen molar-refractivity contribution in [2.75, 3.05) is 6.61 Å². The van der Waals surface area contributed by atoms with E-state index in [2.05, 4.69) is 9.97 Å². The van der Waals surface area contributed by atoms with Crippen molar-refractivity contribution in [2.45, 2.75) is 6.92 Å². The number of esters is 1. The van der Waals surface area contributed by atoms with Crippen LogP contribution in [0.1, 0.15) is 17.4 Å². The highest BCUT2D eigenvalue weighted by molar-refractivity contribution is 6.36. The van der Waals surface area contributed by atoms with Crippen LogP contribution in [-0.2, 0) is 4.74 Å². The number of aromatic amines is 1. The lowest BCUT2D eigenvalue weighted by molar-refractivity contribution is 0.0520. The van der Waals surface area contributed by atoms with Crippen LogP contribution >= 0.6 is 23.2 Å². The summed E-state index contributed by atoms with van der Waals surface area (Å²) in [4.78, 5) is 18.2. The van der Waals surface area contributed by atoms with E-state index in [1.807, 2.05) is 0 Å². The van der Waals surface area contributed by atoms with E-state index in [0.29, 0.717) is 17.8 Å². The Labute approximate surface area is 102 Å². The first-order valence-corrected chi connectivity index (χ1v) is 5.39. The van der Waals surface area contributed by atoms with E-state index in [-0.39, 0.29) is 10.3 Å². The zero-order valence-electron chi connectivity index (χ0n) is 8.38. The Balaban J connectivity index is 2.51. The molecule has 0 aliphatic carbocycles. The summed E-state index contributed by atoms with van der Waals surface area (Å²) in [5.41, 5.74) is 0.914. The highest BCUT2D eigenvalue weighted by Crippen LogP contribution is 2.25. The Kier molecular flexibility index (Phi) is 3.03. The lowest BCUT2D eigenvalue weighted by Crippen LogP contribution is -2.04. The lowest BCUT2D eigenvalue weighted by atomic mass is 10.3. The minimum Gasteiger partial charge on any atom is -0.461 e. The van der Waals surface area contributed by atoms with Gasteiger partial charge in [-0.15, -0.1) is 0 Å². The maximum absolute atomic E-state index is 11.5. The van der Waals surface area contributed by atoms with Gasteiger partial charge in [-0.3, -0.25) is 0 Å². The molecule has 84 valence electrons. The highest BCUT2D eigenvalue weighted by Gasteiger charge is 2.13. The SMILES string of the molecule is CCOC(=O)c1cc2cc(Cl)nc(Cl)c2[nH]1. The zero-order chi connectivity index (χ0) is 11.7. The molecule has 0 radical (unpaired) electrons. The van der Waals surface area contributed by atoms with Gasteiger partial charge in [-0.1, -0.05) is 23.2 Å². The van der Waals surface area contributed by atoms with E-state index >= 15 is 0 Å². The van der Waals surface area contributed by atoms with Crippen molar-refractivity contribution in [3.63, 3.8) is 0 Å². The van der Waals surface area contributed by atoms with E-state index in [1.165, 1.54) is 0 Å². The van der Waals surface area contributed by atoms with Gasteiger partial charge in [0.05, 0.1) is 12.1 Å². The van der Waals surface area contributed by atoms with Crippen molar-refractivity contribution >= 4 is 40.1 Å². The second-order valence-electron chi connectivity index (χ2n) is 3.10. The molecule has 0 saturated carbocycles. The third kappa shape index (κ3) is 1.99. The molecule has 0 spiro atoms. The molecule has 2 rings (SSSR count). The fraction of sp³-hybridized carbons (Fsp3) is 0.200. The standard InChI is InChI=1S/C10H8Cl2N2O2/c1-2-16-10(15)6-3-5-4-7(11)14-9(12)8(5)13-6/h3-4,13H,2H2,1H3. The smallest absolute Gasteiger partial charge is 0.354 e. The molecular formula is C10H8Cl2N2O2. The summed E-state index contributed by atoms with van der Waals surface area (Å²) in [6, 6.07) is 3.26. The third-order valence-electron chi connectivity index (χ3n) is 2.03. The second kappa shape index (κ2) is 4.31. The summed E-state index contributed by atoms with van der Waals surface area (Å²) in [6.45, 7) is 2.06. The molecule has 0 aliphatic heterocycles. The van der Waals surface area contributed by atoms with Gasteiger partial charge in [-0.05, 0) is 19.1 Å². The number of ether oxygens (including phenoxy) is 1. The summed E-state index contributed by atoms with van der Waals surface area (Å²) >= 11 is 11.6. The van der Waals surface area contributed by atoms with Crippen molar-refractivity contribution in [3.8, 4) is 0 Å². The first-order valence-electron chi connectivity index (χ1n) is 4.63. The van der Waals surface area contributed by atoms with E-state index < -0.39 is 5.97 Å². The van der Waals surface area contributed by atoms with E-state index in [0.717, 1.165) is 5.39 Å². The van der Waals surface area contributed by atoms with E-state index in [1.54, 1.807) is 19.1 Å². The third-order valence-corrected chi connectivity index (χ3v) is 2.50. The number of pyridine rings is 1. The van der Waals surface area contributed by atoms with Crippen molar-refractivity contribution in [3.05, 3.63) is 28.1 Å². The number of halogens is 2. The normalized spacial score (nSPS) is 10.7. The fourth-order valence-corrected chi connectivity index (χ4v) is 1.88. The maximum atomic E-state index is 11.5. The zero-order valence-corrected chi connectivity index (χ0v) is 9.89. The number of H-pyrrole nitrogens is 1. The van der Waals surface area contributed by atoms with Gasteiger partial charge in [0.15, 0.2) is 5.15 Å². The van der Waals surface area contributed by atoms with Crippen LogP contribution in [0.2, 0.25) is 10.3 Å². The van der Waals surface area contributed by atoms with Crippen LogP contribution in [0.5, 0.6) is 0 Å². The van der Waals surface area contributed by atoms with Gasteiger partial charge < -0.3 is 9.72 Å². The average Bonchev–Trinajstić information content (AvgIpc) is 2.62.